The number of aryl methyl sites for hydroxylation is 2. The molecule has 2 heterocycles. The van der Waals surface area contributed by atoms with Crippen LogP contribution in [0.25, 0.3) is 16.8 Å². The van der Waals surface area contributed by atoms with Gasteiger partial charge in [-0.1, -0.05) is 36.4 Å². The molecule has 198 valence electrons. The summed E-state index contributed by atoms with van der Waals surface area (Å²) in [5.74, 6) is 2.38. The van der Waals surface area contributed by atoms with Crippen molar-refractivity contribution in [3.8, 4) is 16.9 Å². The third-order valence-electron chi connectivity index (χ3n) is 7.63. The summed E-state index contributed by atoms with van der Waals surface area (Å²) in [5.41, 5.74) is 7.63. The third kappa shape index (κ3) is 4.89. The number of fused-ring (bicyclic) bond motifs is 2. The maximum Gasteiger partial charge on any atom is 0.165 e. The number of methoxy groups -OCH3 is 1. The lowest BCUT2D eigenvalue weighted by molar-refractivity contribution is 0.414. The molecule has 2 aliphatic rings. The summed E-state index contributed by atoms with van der Waals surface area (Å²) < 4.78 is 32.5. The smallest absolute Gasteiger partial charge is 0.165 e. The molecule has 0 bridgehead atoms. The minimum absolute atomic E-state index is 0.136. The lowest BCUT2D eigenvalue weighted by atomic mass is 10.0. The molecule has 6 rings (SSSR count). The summed E-state index contributed by atoms with van der Waals surface area (Å²) in [6.45, 7) is 3.76. The second kappa shape index (κ2) is 9.73. The molecule has 1 saturated carbocycles. The van der Waals surface area contributed by atoms with E-state index in [0.29, 0.717) is 11.6 Å². The highest BCUT2D eigenvalue weighted by atomic mass is 32.2. The number of hydrogen-bond donors (Lipinski definition) is 0. The van der Waals surface area contributed by atoms with Gasteiger partial charge in [0.1, 0.15) is 11.6 Å². The van der Waals surface area contributed by atoms with Gasteiger partial charge in [-0.2, -0.15) is 9.61 Å². The average molecular weight is 531 g/mol. The Morgan fingerprint density at radius 2 is 1.89 bits per heavy atom. The van der Waals surface area contributed by atoms with Crippen LogP contribution >= 0.6 is 0 Å². The Morgan fingerprint density at radius 3 is 2.58 bits per heavy atom. The van der Waals surface area contributed by atoms with E-state index < -0.39 is 9.84 Å². The molecule has 2 aromatic heterocycles. The van der Waals surface area contributed by atoms with E-state index in [4.69, 9.17) is 14.8 Å². The molecule has 0 aliphatic heterocycles. The van der Waals surface area contributed by atoms with Crippen LogP contribution in [0, 0.1) is 12.8 Å². The topological polar surface area (TPSA) is 76.8 Å². The number of rotatable bonds is 9. The first-order valence-electron chi connectivity index (χ1n) is 13.4. The normalized spacial score (nSPS) is 15.1. The van der Waals surface area contributed by atoms with Crippen LogP contribution in [-0.2, 0) is 35.0 Å². The molecule has 8 heteroatoms. The second-order valence-electron chi connectivity index (χ2n) is 10.8. The van der Waals surface area contributed by atoms with Crippen LogP contribution < -0.4 is 9.64 Å². The fourth-order valence-electron chi connectivity index (χ4n) is 5.69. The monoisotopic (exact) mass is 530 g/mol. The highest BCUT2D eigenvalue weighted by Gasteiger charge is 2.32. The Labute approximate surface area is 224 Å². The molecule has 0 spiro atoms. The minimum Gasteiger partial charge on any atom is -0.497 e. The van der Waals surface area contributed by atoms with Crippen LogP contribution in [0.15, 0.2) is 48.5 Å². The summed E-state index contributed by atoms with van der Waals surface area (Å²) in [6, 6.07) is 16.4. The molecule has 38 heavy (non-hydrogen) atoms. The largest absolute Gasteiger partial charge is 0.497 e. The van der Waals surface area contributed by atoms with E-state index in [1.165, 1.54) is 30.2 Å². The van der Waals surface area contributed by atoms with Gasteiger partial charge in [0.25, 0.3) is 0 Å². The predicted molar refractivity (Wildman–Crippen MR) is 151 cm³/mol. The van der Waals surface area contributed by atoms with Crippen molar-refractivity contribution in [2.75, 3.05) is 24.8 Å². The van der Waals surface area contributed by atoms with E-state index >= 15 is 0 Å². The molecule has 0 amide bonds. The van der Waals surface area contributed by atoms with Crippen molar-refractivity contribution >= 4 is 21.3 Å². The fraction of sp³-hybridized carbons (Fsp3) is 0.400. The van der Waals surface area contributed by atoms with Crippen molar-refractivity contribution in [1.82, 2.24) is 14.6 Å². The van der Waals surface area contributed by atoms with Crippen LogP contribution in [0.2, 0.25) is 0 Å². The molecular formula is C30H34N4O3S. The first kappa shape index (κ1) is 24.9. The van der Waals surface area contributed by atoms with Crippen LogP contribution in [0.3, 0.4) is 0 Å². The van der Waals surface area contributed by atoms with Gasteiger partial charge in [-0.25, -0.2) is 13.4 Å². The van der Waals surface area contributed by atoms with Gasteiger partial charge in [0.15, 0.2) is 15.5 Å². The fourth-order valence-corrected chi connectivity index (χ4v) is 6.39. The summed E-state index contributed by atoms with van der Waals surface area (Å²) in [6.07, 6.45) is 6.71. The van der Waals surface area contributed by atoms with E-state index in [-0.39, 0.29) is 5.75 Å². The van der Waals surface area contributed by atoms with Gasteiger partial charge < -0.3 is 9.64 Å². The van der Waals surface area contributed by atoms with Crippen molar-refractivity contribution in [2.24, 2.45) is 5.92 Å². The molecule has 2 aromatic carbocycles. The standard InChI is InChI=1S/C30H34N4O3S/c1-20-16-23(37-2)14-15-24(20)28-27(19-38(3,35)36)32-34-29(28)31-26-11-7-10-25(26)30(34)33(18-22-12-13-22)17-21-8-5-4-6-9-21/h4-6,8-9,14-16,22H,7,10-13,17-19H2,1-3H3. The number of sulfone groups is 1. The Kier molecular flexibility index (Phi) is 6.38. The maximum atomic E-state index is 12.6. The van der Waals surface area contributed by atoms with Crippen LogP contribution in [-0.4, -0.2) is 42.9 Å². The number of anilines is 1. The highest BCUT2D eigenvalue weighted by Crippen LogP contribution is 2.40. The second-order valence-corrected chi connectivity index (χ2v) is 13.0. The van der Waals surface area contributed by atoms with E-state index in [1.54, 1.807) is 7.11 Å². The van der Waals surface area contributed by atoms with Crippen LogP contribution in [0.4, 0.5) is 5.82 Å². The van der Waals surface area contributed by atoms with Gasteiger partial charge in [0.05, 0.1) is 24.1 Å². The molecule has 0 saturated heterocycles. The predicted octanol–water partition coefficient (Wildman–Crippen LogP) is 5.16. The van der Waals surface area contributed by atoms with Crippen molar-refractivity contribution in [3.05, 3.63) is 76.6 Å². The average Bonchev–Trinajstić information content (AvgIpc) is 3.46. The molecule has 4 aromatic rings. The number of ether oxygens (including phenoxy) is 1. The molecular weight excluding hydrogens is 496 g/mol. The summed E-state index contributed by atoms with van der Waals surface area (Å²) in [4.78, 5) is 7.63. The molecule has 0 N–H and O–H groups in total. The van der Waals surface area contributed by atoms with Crippen molar-refractivity contribution in [1.29, 1.82) is 0 Å². The Bertz CT molecular complexity index is 1610. The zero-order valence-electron chi connectivity index (χ0n) is 22.3. The SMILES string of the molecule is COc1ccc(-c2c(CS(C)(=O)=O)nn3c(N(Cc4ccccc4)CC4CC4)c4c(nc23)CCC4)c(C)c1. The molecule has 0 radical (unpaired) electrons. The van der Waals surface area contributed by atoms with E-state index in [9.17, 15) is 8.42 Å². The number of benzene rings is 2. The number of nitrogens with zero attached hydrogens (tertiary/aromatic N) is 4. The lowest BCUT2D eigenvalue weighted by Gasteiger charge is -2.27. The van der Waals surface area contributed by atoms with Gasteiger partial charge in [-0.3, -0.25) is 0 Å². The van der Waals surface area contributed by atoms with E-state index in [0.717, 1.165) is 72.0 Å². The van der Waals surface area contributed by atoms with Gasteiger partial charge >= 0.3 is 0 Å². The van der Waals surface area contributed by atoms with Gasteiger partial charge in [0.2, 0.25) is 0 Å². The van der Waals surface area contributed by atoms with Crippen molar-refractivity contribution < 1.29 is 13.2 Å². The quantitative estimate of drug-likeness (QED) is 0.297. The van der Waals surface area contributed by atoms with Gasteiger partial charge in [-0.05, 0) is 73.8 Å². The van der Waals surface area contributed by atoms with Crippen LogP contribution in [0.5, 0.6) is 5.75 Å². The summed E-state index contributed by atoms with van der Waals surface area (Å²) in [5, 5.41) is 5.03. The Hall–Kier alpha value is -3.39. The van der Waals surface area contributed by atoms with E-state index in [2.05, 4.69) is 29.2 Å². The third-order valence-corrected chi connectivity index (χ3v) is 8.42. The first-order valence-corrected chi connectivity index (χ1v) is 15.4. The Morgan fingerprint density at radius 1 is 1.11 bits per heavy atom. The highest BCUT2D eigenvalue weighted by molar-refractivity contribution is 7.89. The first-order chi connectivity index (χ1) is 18.3. The summed E-state index contributed by atoms with van der Waals surface area (Å²) >= 11 is 0. The minimum atomic E-state index is -3.33. The van der Waals surface area contributed by atoms with Crippen LogP contribution in [0.1, 0.15) is 47.3 Å². The summed E-state index contributed by atoms with van der Waals surface area (Å²) in [7, 11) is -1.68. The Balaban J connectivity index is 1.60. The van der Waals surface area contributed by atoms with Gasteiger partial charge in [-0.15, -0.1) is 0 Å². The van der Waals surface area contributed by atoms with Crippen molar-refractivity contribution in [3.63, 3.8) is 0 Å². The number of hydrogen-bond acceptors (Lipinski definition) is 6. The van der Waals surface area contributed by atoms with E-state index in [1.807, 2.05) is 35.7 Å². The zero-order valence-corrected chi connectivity index (χ0v) is 23.1. The molecule has 2 aliphatic carbocycles. The molecule has 0 unspecified atom stereocenters. The van der Waals surface area contributed by atoms with Crippen molar-refractivity contribution in [2.45, 2.75) is 51.3 Å². The molecule has 7 nitrogen and oxygen atoms in total. The maximum absolute atomic E-state index is 12.6. The lowest BCUT2D eigenvalue weighted by Crippen LogP contribution is -2.29. The molecule has 1 fully saturated rings. The number of aromatic nitrogens is 3. The zero-order chi connectivity index (χ0) is 26.4. The van der Waals surface area contributed by atoms with Gasteiger partial charge in [0, 0.05) is 30.6 Å². The molecule has 0 atom stereocenters.